The quantitative estimate of drug-likeness (QED) is 0.781. The highest BCUT2D eigenvalue weighted by Gasteiger charge is 2.10. The monoisotopic (exact) mass is 230 g/mol. The van der Waals surface area contributed by atoms with Gasteiger partial charge in [-0.15, -0.1) is 0 Å². The number of hydrogen-bond acceptors (Lipinski definition) is 3. The van der Waals surface area contributed by atoms with Crippen LogP contribution in [0.25, 0.3) is 10.8 Å². The van der Waals surface area contributed by atoms with E-state index in [4.69, 9.17) is 10.8 Å². The lowest BCUT2D eigenvalue weighted by Gasteiger charge is -2.17. The fourth-order valence-electron chi connectivity index (χ4n) is 1.80. The van der Waals surface area contributed by atoms with Crippen LogP contribution in [-0.4, -0.2) is 24.8 Å². The first-order valence-electron chi connectivity index (χ1n) is 5.28. The molecule has 0 unspecified atom stereocenters. The van der Waals surface area contributed by atoms with Crippen molar-refractivity contribution in [1.29, 1.82) is 0 Å². The molecule has 0 atom stereocenters. The Balaban J connectivity index is 2.71. The van der Waals surface area contributed by atoms with Gasteiger partial charge in [0, 0.05) is 18.3 Å². The normalized spacial score (nSPS) is 10.5. The van der Waals surface area contributed by atoms with E-state index in [1.54, 1.807) is 18.0 Å². The molecule has 3 N–H and O–H groups in total. The van der Waals surface area contributed by atoms with E-state index >= 15 is 0 Å². The molecule has 88 valence electrons. The summed E-state index contributed by atoms with van der Waals surface area (Å²) in [6, 6.07) is 11.1. The van der Waals surface area contributed by atoms with Crippen molar-refractivity contribution in [3.05, 3.63) is 42.0 Å². The van der Waals surface area contributed by atoms with Crippen LogP contribution >= 0.6 is 0 Å². The van der Waals surface area contributed by atoms with Crippen LogP contribution in [0.4, 0.5) is 5.69 Å². The molecule has 1 amide bonds. The Morgan fingerprint density at radius 3 is 2.71 bits per heavy atom. The first-order valence-corrected chi connectivity index (χ1v) is 5.28. The standard InChI is InChI=1S/C13H14N2O2/c1-15(8-16)10-6-9-4-2-3-5-11(9)12(7-10)13(14)17/h2-7,16H,8H2,1H3,(H2,14,17). The first-order chi connectivity index (χ1) is 8.13. The Morgan fingerprint density at radius 1 is 1.35 bits per heavy atom. The summed E-state index contributed by atoms with van der Waals surface area (Å²) in [5.41, 5.74) is 6.61. The third-order valence-electron chi connectivity index (χ3n) is 2.76. The van der Waals surface area contributed by atoms with Crippen LogP contribution in [0, 0.1) is 0 Å². The Kier molecular flexibility index (Phi) is 2.97. The highest BCUT2D eigenvalue weighted by molar-refractivity contribution is 6.07. The number of anilines is 1. The summed E-state index contributed by atoms with van der Waals surface area (Å²) < 4.78 is 0. The fourth-order valence-corrected chi connectivity index (χ4v) is 1.80. The molecule has 0 bridgehead atoms. The molecule has 0 radical (unpaired) electrons. The Hall–Kier alpha value is -2.07. The third-order valence-corrected chi connectivity index (χ3v) is 2.76. The zero-order valence-corrected chi connectivity index (χ0v) is 9.55. The highest BCUT2D eigenvalue weighted by Crippen LogP contribution is 2.25. The smallest absolute Gasteiger partial charge is 0.249 e. The summed E-state index contributed by atoms with van der Waals surface area (Å²) in [7, 11) is 1.74. The van der Waals surface area contributed by atoms with Crippen LogP contribution in [0.1, 0.15) is 10.4 Å². The van der Waals surface area contributed by atoms with Gasteiger partial charge in [-0.25, -0.2) is 0 Å². The second kappa shape index (κ2) is 4.43. The van der Waals surface area contributed by atoms with Crippen molar-refractivity contribution >= 4 is 22.4 Å². The van der Waals surface area contributed by atoms with Crippen LogP contribution in [-0.2, 0) is 0 Å². The molecular weight excluding hydrogens is 216 g/mol. The Morgan fingerprint density at radius 2 is 2.06 bits per heavy atom. The van der Waals surface area contributed by atoms with E-state index < -0.39 is 5.91 Å². The molecule has 2 aromatic rings. The predicted octanol–water partition coefficient (Wildman–Crippen LogP) is 1.32. The zero-order valence-electron chi connectivity index (χ0n) is 9.55. The molecule has 0 fully saturated rings. The van der Waals surface area contributed by atoms with Gasteiger partial charge in [0.25, 0.3) is 0 Å². The number of fused-ring (bicyclic) bond motifs is 1. The summed E-state index contributed by atoms with van der Waals surface area (Å²) in [6.07, 6.45) is 0. The minimum absolute atomic E-state index is 0.115. The second-order valence-corrected chi connectivity index (χ2v) is 3.92. The maximum atomic E-state index is 11.4. The van der Waals surface area contributed by atoms with Gasteiger partial charge in [-0.1, -0.05) is 24.3 Å². The van der Waals surface area contributed by atoms with E-state index in [2.05, 4.69) is 0 Å². The van der Waals surface area contributed by atoms with E-state index in [1.807, 2.05) is 30.3 Å². The molecule has 2 aromatic carbocycles. The summed E-state index contributed by atoms with van der Waals surface area (Å²) in [5, 5.41) is 10.9. The minimum Gasteiger partial charge on any atom is -0.376 e. The number of aliphatic hydroxyl groups excluding tert-OH is 1. The summed E-state index contributed by atoms with van der Waals surface area (Å²) in [6.45, 7) is -0.115. The second-order valence-electron chi connectivity index (χ2n) is 3.92. The number of carbonyl (C=O) groups is 1. The molecule has 0 aromatic heterocycles. The minimum atomic E-state index is -0.464. The molecule has 4 heteroatoms. The van der Waals surface area contributed by atoms with E-state index in [-0.39, 0.29) is 6.73 Å². The fraction of sp³-hybridized carbons (Fsp3) is 0.154. The van der Waals surface area contributed by atoms with Crippen molar-refractivity contribution < 1.29 is 9.90 Å². The van der Waals surface area contributed by atoms with Crippen molar-refractivity contribution in [2.45, 2.75) is 0 Å². The molecule has 0 saturated carbocycles. The van der Waals surface area contributed by atoms with Gasteiger partial charge in [-0.2, -0.15) is 0 Å². The summed E-state index contributed by atoms with van der Waals surface area (Å²) in [5.74, 6) is -0.464. The van der Waals surface area contributed by atoms with E-state index in [0.29, 0.717) is 5.56 Å². The van der Waals surface area contributed by atoms with Crippen molar-refractivity contribution in [1.82, 2.24) is 0 Å². The van der Waals surface area contributed by atoms with Gasteiger partial charge in [0.05, 0.1) is 0 Å². The van der Waals surface area contributed by atoms with Crippen molar-refractivity contribution in [3.8, 4) is 0 Å². The average molecular weight is 230 g/mol. The molecule has 0 aliphatic heterocycles. The van der Waals surface area contributed by atoms with Crippen LogP contribution in [0.15, 0.2) is 36.4 Å². The predicted molar refractivity (Wildman–Crippen MR) is 68.0 cm³/mol. The van der Waals surface area contributed by atoms with E-state index in [1.165, 1.54) is 0 Å². The maximum absolute atomic E-state index is 11.4. The SMILES string of the molecule is CN(CO)c1cc(C(N)=O)c2ccccc2c1. The van der Waals surface area contributed by atoms with Crippen LogP contribution in [0.5, 0.6) is 0 Å². The van der Waals surface area contributed by atoms with Gasteiger partial charge >= 0.3 is 0 Å². The molecule has 0 aliphatic rings. The van der Waals surface area contributed by atoms with Crippen molar-refractivity contribution in [3.63, 3.8) is 0 Å². The molecule has 17 heavy (non-hydrogen) atoms. The number of nitrogens with two attached hydrogens (primary N) is 1. The van der Waals surface area contributed by atoms with E-state index in [0.717, 1.165) is 16.5 Å². The third kappa shape index (κ3) is 2.07. The molecule has 0 aliphatic carbocycles. The summed E-state index contributed by atoms with van der Waals surface area (Å²) >= 11 is 0. The number of rotatable bonds is 3. The van der Waals surface area contributed by atoms with Gasteiger partial charge in [0.15, 0.2) is 0 Å². The molecule has 0 spiro atoms. The Bertz CT molecular complexity index is 566. The van der Waals surface area contributed by atoms with Gasteiger partial charge in [-0.05, 0) is 22.9 Å². The number of nitrogens with zero attached hydrogens (tertiary/aromatic N) is 1. The first kappa shape index (κ1) is 11.4. The largest absolute Gasteiger partial charge is 0.376 e. The topological polar surface area (TPSA) is 66.6 Å². The van der Waals surface area contributed by atoms with Crippen molar-refractivity contribution in [2.75, 3.05) is 18.7 Å². The molecule has 4 nitrogen and oxygen atoms in total. The van der Waals surface area contributed by atoms with Crippen molar-refractivity contribution in [2.24, 2.45) is 5.73 Å². The molecule has 0 saturated heterocycles. The van der Waals surface area contributed by atoms with Crippen LogP contribution in [0.2, 0.25) is 0 Å². The van der Waals surface area contributed by atoms with Gasteiger partial charge in [0.1, 0.15) is 6.73 Å². The highest BCUT2D eigenvalue weighted by atomic mass is 16.3. The van der Waals surface area contributed by atoms with E-state index in [9.17, 15) is 4.79 Å². The van der Waals surface area contributed by atoms with Gasteiger partial charge < -0.3 is 15.7 Å². The zero-order chi connectivity index (χ0) is 12.4. The number of aliphatic hydroxyl groups is 1. The Labute approximate surface area is 99.3 Å². The van der Waals surface area contributed by atoms with Crippen LogP contribution in [0.3, 0.4) is 0 Å². The lowest BCUT2D eigenvalue weighted by molar-refractivity contribution is 0.100. The molecular formula is C13H14N2O2. The average Bonchev–Trinajstić information content (AvgIpc) is 2.36. The summed E-state index contributed by atoms with van der Waals surface area (Å²) in [4.78, 5) is 13.1. The maximum Gasteiger partial charge on any atom is 0.249 e. The lowest BCUT2D eigenvalue weighted by Crippen LogP contribution is -2.19. The molecule has 2 rings (SSSR count). The number of carbonyl (C=O) groups excluding carboxylic acids is 1. The number of amides is 1. The number of hydrogen-bond donors (Lipinski definition) is 2. The van der Waals surface area contributed by atoms with Gasteiger partial charge in [-0.3, -0.25) is 4.79 Å². The molecule has 0 heterocycles. The van der Waals surface area contributed by atoms with Gasteiger partial charge in [0.2, 0.25) is 5.91 Å². The van der Waals surface area contributed by atoms with Crippen LogP contribution < -0.4 is 10.6 Å². The lowest BCUT2D eigenvalue weighted by atomic mass is 10.0. The number of primary amides is 1. The number of benzene rings is 2.